The van der Waals surface area contributed by atoms with Crippen LogP contribution in [0, 0.1) is 0 Å². The van der Waals surface area contributed by atoms with Gasteiger partial charge in [-0.25, -0.2) is 0 Å². The van der Waals surface area contributed by atoms with Crippen molar-refractivity contribution in [3.63, 3.8) is 0 Å². The molecule has 0 unspecified atom stereocenters. The highest BCUT2D eigenvalue weighted by Gasteiger charge is 2.36. The number of ether oxygens (including phenoxy) is 3. The molecule has 0 aromatic heterocycles. The topological polar surface area (TPSA) is 44.8 Å². The molecular weight excluding hydrogens is 316 g/mol. The fourth-order valence-electron chi connectivity index (χ4n) is 2.80. The van der Waals surface area contributed by atoms with Crippen LogP contribution in [0.25, 0.3) is 0 Å². The lowest BCUT2D eigenvalue weighted by Crippen LogP contribution is -2.45. The predicted molar refractivity (Wildman–Crippen MR) is 94.7 cm³/mol. The van der Waals surface area contributed by atoms with Crippen LogP contribution in [0.15, 0.2) is 72.5 Å². The Morgan fingerprint density at radius 1 is 0.920 bits per heavy atom. The molecule has 3 rings (SSSR count). The standard InChI is InChI=1S/C21H22O4/c1-16-20(24-13-17-8-4-2-5-9-17)21(19(12-22)15-23-16)25-14-18-10-6-3-7-11-18/h2-12,15-16,20-21H,13-14H2,1H3/t16-,20-,21-/m0/s1. The number of benzene rings is 2. The Hall–Kier alpha value is -2.43. The Labute approximate surface area is 148 Å². The van der Waals surface area contributed by atoms with Crippen LogP contribution in [0.4, 0.5) is 0 Å². The van der Waals surface area contributed by atoms with E-state index in [9.17, 15) is 4.79 Å². The Balaban J connectivity index is 1.70. The van der Waals surface area contributed by atoms with Gasteiger partial charge in [-0.15, -0.1) is 0 Å². The van der Waals surface area contributed by atoms with Crippen molar-refractivity contribution in [3.05, 3.63) is 83.6 Å². The first-order valence-corrected chi connectivity index (χ1v) is 8.39. The van der Waals surface area contributed by atoms with Crippen LogP contribution in [0.5, 0.6) is 0 Å². The number of hydrogen-bond donors (Lipinski definition) is 0. The third-order valence-electron chi connectivity index (χ3n) is 4.20. The van der Waals surface area contributed by atoms with Gasteiger partial charge < -0.3 is 14.2 Å². The van der Waals surface area contributed by atoms with Crippen molar-refractivity contribution in [2.45, 2.75) is 38.4 Å². The lowest BCUT2D eigenvalue weighted by molar-refractivity contribution is -0.135. The van der Waals surface area contributed by atoms with Gasteiger partial charge in [0.25, 0.3) is 0 Å². The monoisotopic (exact) mass is 338 g/mol. The first-order valence-electron chi connectivity index (χ1n) is 8.39. The maximum atomic E-state index is 11.4. The summed E-state index contributed by atoms with van der Waals surface area (Å²) in [4.78, 5) is 11.4. The van der Waals surface area contributed by atoms with Crippen molar-refractivity contribution in [3.8, 4) is 0 Å². The van der Waals surface area contributed by atoms with Gasteiger partial charge in [-0.2, -0.15) is 0 Å². The fraction of sp³-hybridized carbons (Fsp3) is 0.286. The molecule has 0 saturated carbocycles. The highest BCUT2D eigenvalue weighted by Crippen LogP contribution is 2.25. The number of rotatable bonds is 7. The Kier molecular flexibility index (Phi) is 5.99. The zero-order valence-corrected chi connectivity index (χ0v) is 14.2. The summed E-state index contributed by atoms with van der Waals surface area (Å²) < 4.78 is 17.7. The van der Waals surface area contributed by atoms with Gasteiger partial charge in [-0.05, 0) is 18.1 Å². The second kappa shape index (κ2) is 8.60. The molecule has 0 bridgehead atoms. The largest absolute Gasteiger partial charge is 0.495 e. The molecule has 0 fully saturated rings. The van der Waals surface area contributed by atoms with E-state index < -0.39 is 6.10 Å². The summed E-state index contributed by atoms with van der Waals surface area (Å²) in [7, 11) is 0. The summed E-state index contributed by atoms with van der Waals surface area (Å²) in [5, 5.41) is 0. The normalized spacial score (nSPS) is 22.8. The quantitative estimate of drug-likeness (QED) is 0.723. The molecule has 4 heteroatoms. The number of carbonyl (C=O) groups is 1. The Morgan fingerprint density at radius 2 is 1.48 bits per heavy atom. The molecule has 3 atom stereocenters. The fourth-order valence-corrected chi connectivity index (χ4v) is 2.80. The van der Waals surface area contributed by atoms with Crippen LogP contribution >= 0.6 is 0 Å². The van der Waals surface area contributed by atoms with Crippen LogP contribution in [0.2, 0.25) is 0 Å². The zero-order valence-electron chi connectivity index (χ0n) is 14.2. The average Bonchev–Trinajstić information content (AvgIpc) is 2.67. The van der Waals surface area contributed by atoms with Crippen molar-refractivity contribution in [2.24, 2.45) is 0 Å². The van der Waals surface area contributed by atoms with E-state index in [1.165, 1.54) is 6.26 Å². The summed E-state index contributed by atoms with van der Waals surface area (Å²) in [5.41, 5.74) is 2.58. The SMILES string of the molecule is C[C@@H]1OC=C(C=O)[C@H](OCc2ccccc2)[C@H]1OCc1ccccc1. The second-order valence-electron chi connectivity index (χ2n) is 6.06. The van der Waals surface area contributed by atoms with Gasteiger partial charge in [0.05, 0.1) is 25.0 Å². The van der Waals surface area contributed by atoms with Crippen molar-refractivity contribution in [2.75, 3.05) is 0 Å². The zero-order chi connectivity index (χ0) is 17.5. The molecule has 2 aromatic carbocycles. The van der Waals surface area contributed by atoms with E-state index in [2.05, 4.69) is 0 Å². The Bertz CT molecular complexity index is 696. The molecule has 1 aliphatic heterocycles. The molecule has 4 nitrogen and oxygen atoms in total. The Morgan fingerprint density at radius 3 is 2.04 bits per heavy atom. The molecule has 0 amide bonds. The number of carbonyl (C=O) groups excluding carboxylic acids is 1. The van der Waals surface area contributed by atoms with Gasteiger partial charge in [-0.1, -0.05) is 60.7 Å². The van der Waals surface area contributed by atoms with E-state index in [-0.39, 0.29) is 12.2 Å². The van der Waals surface area contributed by atoms with E-state index in [4.69, 9.17) is 14.2 Å². The molecule has 130 valence electrons. The van der Waals surface area contributed by atoms with Crippen LogP contribution in [-0.2, 0) is 32.2 Å². The van der Waals surface area contributed by atoms with Gasteiger partial charge in [0.15, 0.2) is 6.29 Å². The summed E-state index contributed by atoms with van der Waals surface area (Å²) in [6.07, 6.45) is 1.25. The van der Waals surface area contributed by atoms with E-state index in [1.807, 2.05) is 67.6 Å². The van der Waals surface area contributed by atoms with Crippen LogP contribution in [-0.4, -0.2) is 24.6 Å². The van der Waals surface area contributed by atoms with Crippen LogP contribution in [0.1, 0.15) is 18.1 Å². The minimum atomic E-state index is -0.454. The molecule has 0 N–H and O–H groups in total. The molecular formula is C21H22O4. The highest BCUT2D eigenvalue weighted by atomic mass is 16.6. The molecule has 0 saturated heterocycles. The first kappa shape index (κ1) is 17.4. The molecule has 1 aliphatic rings. The summed E-state index contributed by atoms with van der Waals surface area (Å²) in [5.74, 6) is 0. The minimum absolute atomic E-state index is 0.201. The van der Waals surface area contributed by atoms with Gasteiger partial charge in [-0.3, -0.25) is 4.79 Å². The molecule has 25 heavy (non-hydrogen) atoms. The summed E-state index contributed by atoms with van der Waals surface area (Å²) in [6.45, 7) is 2.78. The van der Waals surface area contributed by atoms with Gasteiger partial charge in [0.2, 0.25) is 0 Å². The molecule has 0 spiro atoms. The molecule has 1 heterocycles. The van der Waals surface area contributed by atoms with Crippen LogP contribution < -0.4 is 0 Å². The van der Waals surface area contributed by atoms with Crippen molar-refractivity contribution < 1.29 is 19.0 Å². The smallest absolute Gasteiger partial charge is 0.151 e. The first-order chi connectivity index (χ1) is 12.3. The third-order valence-corrected chi connectivity index (χ3v) is 4.20. The van der Waals surface area contributed by atoms with E-state index in [1.54, 1.807) is 0 Å². The number of aldehydes is 1. The predicted octanol–water partition coefficient (Wildman–Crippen LogP) is 3.66. The lowest BCUT2D eigenvalue weighted by Gasteiger charge is -2.35. The van der Waals surface area contributed by atoms with Crippen molar-refractivity contribution >= 4 is 6.29 Å². The van der Waals surface area contributed by atoms with Gasteiger partial charge in [0.1, 0.15) is 18.3 Å². The summed E-state index contributed by atoms with van der Waals surface area (Å²) in [6, 6.07) is 19.8. The lowest BCUT2D eigenvalue weighted by atomic mass is 10.00. The van der Waals surface area contributed by atoms with Crippen molar-refractivity contribution in [1.29, 1.82) is 0 Å². The minimum Gasteiger partial charge on any atom is -0.495 e. The second-order valence-corrected chi connectivity index (χ2v) is 6.06. The summed E-state index contributed by atoms with van der Waals surface area (Å²) >= 11 is 0. The highest BCUT2D eigenvalue weighted by molar-refractivity contribution is 5.74. The average molecular weight is 338 g/mol. The van der Waals surface area contributed by atoms with Gasteiger partial charge in [0, 0.05) is 0 Å². The molecule has 0 radical (unpaired) electrons. The van der Waals surface area contributed by atoms with Gasteiger partial charge >= 0.3 is 0 Å². The van der Waals surface area contributed by atoms with Crippen LogP contribution in [0.3, 0.4) is 0 Å². The maximum absolute atomic E-state index is 11.4. The van der Waals surface area contributed by atoms with Crippen molar-refractivity contribution in [1.82, 2.24) is 0 Å². The van der Waals surface area contributed by atoms with E-state index in [0.717, 1.165) is 17.4 Å². The molecule has 0 aliphatic carbocycles. The maximum Gasteiger partial charge on any atom is 0.151 e. The van der Waals surface area contributed by atoms with E-state index in [0.29, 0.717) is 18.8 Å². The van der Waals surface area contributed by atoms with E-state index >= 15 is 0 Å². The molecule has 2 aromatic rings. The third kappa shape index (κ3) is 4.56. The number of hydrogen-bond acceptors (Lipinski definition) is 4.